The van der Waals surface area contributed by atoms with Crippen LogP contribution in [-0.2, 0) is 11.3 Å². The summed E-state index contributed by atoms with van der Waals surface area (Å²) >= 11 is 0. The van der Waals surface area contributed by atoms with E-state index in [0.29, 0.717) is 35.9 Å². The van der Waals surface area contributed by atoms with E-state index in [9.17, 15) is 9.90 Å². The Morgan fingerprint density at radius 2 is 2.03 bits per heavy atom. The van der Waals surface area contributed by atoms with Crippen LogP contribution in [-0.4, -0.2) is 50.0 Å². The van der Waals surface area contributed by atoms with Gasteiger partial charge < -0.3 is 20.5 Å². The number of aryl methyl sites for hydroxylation is 1. The first kappa shape index (κ1) is 19.3. The number of hydrogen-bond acceptors (Lipinski definition) is 8. The van der Waals surface area contributed by atoms with E-state index in [-0.39, 0.29) is 11.7 Å². The molecular formula is C21H28N6O3. The van der Waals surface area contributed by atoms with Crippen molar-refractivity contribution in [3.63, 3.8) is 0 Å². The minimum absolute atomic E-state index is 0.226. The molecule has 4 saturated carbocycles. The summed E-state index contributed by atoms with van der Waals surface area (Å²) in [5, 5.41) is 24.6. The molecule has 9 nitrogen and oxygen atoms in total. The Bertz CT molecular complexity index is 944. The number of ether oxygens (including phenoxy) is 1. The standard InChI is InChI=1S/C21H28N6O3/c1-11-3-17(27-26-11)22-10-15-6-16(19(28)30-2)24-20(23-15)25-18-13-4-12-5-14(18)9-21(29,7-12)8-13/h3,6,12-14,18,29H,4-5,7-10H2,1-2H3,(H2,22,26,27)(H,23,24,25). The summed E-state index contributed by atoms with van der Waals surface area (Å²) in [6.07, 6.45) is 4.90. The van der Waals surface area contributed by atoms with Gasteiger partial charge in [-0.05, 0) is 62.8 Å². The van der Waals surface area contributed by atoms with E-state index >= 15 is 0 Å². The lowest BCUT2D eigenvalue weighted by Crippen LogP contribution is -2.59. The molecule has 6 rings (SSSR count). The van der Waals surface area contributed by atoms with E-state index in [4.69, 9.17) is 4.74 Å². The number of methoxy groups -OCH3 is 1. The van der Waals surface area contributed by atoms with Crippen LogP contribution in [0.4, 0.5) is 11.8 Å². The molecule has 4 bridgehead atoms. The highest BCUT2D eigenvalue weighted by Crippen LogP contribution is 2.56. The van der Waals surface area contributed by atoms with E-state index < -0.39 is 11.6 Å². The number of H-pyrrole nitrogens is 1. The lowest BCUT2D eigenvalue weighted by atomic mass is 9.52. The molecule has 0 aliphatic heterocycles. The first-order chi connectivity index (χ1) is 14.4. The van der Waals surface area contributed by atoms with Crippen molar-refractivity contribution in [1.29, 1.82) is 0 Å². The molecule has 30 heavy (non-hydrogen) atoms. The third kappa shape index (κ3) is 3.62. The fourth-order valence-electron chi connectivity index (χ4n) is 5.92. The molecule has 0 aromatic carbocycles. The van der Waals surface area contributed by atoms with Gasteiger partial charge in [0.05, 0.1) is 24.9 Å². The summed E-state index contributed by atoms with van der Waals surface area (Å²) < 4.78 is 4.88. The van der Waals surface area contributed by atoms with Gasteiger partial charge in [0, 0.05) is 17.8 Å². The molecule has 4 N–H and O–H groups in total. The summed E-state index contributed by atoms with van der Waals surface area (Å²) in [4.78, 5) is 21.2. The Balaban J connectivity index is 1.36. The van der Waals surface area contributed by atoms with Gasteiger partial charge in [-0.25, -0.2) is 14.8 Å². The number of esters is 1. The third-order valence-corrected chi connectivity index (χ3v) is 6.87. The van der Waals surface area contributed by atoms with Crippen molar-refractivity contribution < 1.29 is 14.6 Å². The van der Waals surface area contributed by atoms with Crippen LogP contribution in [0.15, 0.2) is 12.1 Å². The molecule has 0 amide bonds. The maximum absolute atomic E-state index is 12.2. The summed E-state index contributed by atoms with van der Waals surface area (Å²) in [5.41, 5.74) is 1.38. The molecule has 2 aromatic rings. The number of aromatic nitrogens is 4. The molecule has 2 atom stereocenters. The Labute approximate surface area is 175 Å². The SMILES string of the molecule is COC(=O)c1cc(CNc2cc(C)[nH]n2)nc(NC2C3CC4CC2CC(O)(C4)C3)n1. The highest BCUT2D eigenvalue weighted by Gasteiger charge is 2.54. The fraction of sp³-hybridized carbons (Fsp3) is 0.619. The number of carbonyl (C=O) groups is 1. The topological polar surface area (TPSA) is 125 Å². The summed E-state index contributed by atoms with van der Waals surface area (Å²) in [5.74, 6) is 2.13. The molecule has 9 heteroatoms. The average molecular weight is 412 g/mol. The molecule has 0 spiro atoms. The lowest BCUT2D eigenvalue weighted by Gasteiger charge is -2.58. The quantitative estimate of drug-likeness (QED) is 0.533. The smallest absolute Gasteiger partial charge is 0.356 e. The largest absolute Gasteiger partial charge is 0.464 e. The molecule has 4 fully saturated rings. The summed E-state index contributed by atoms with van der Waals surface area (Å²) in [6, 6.07) is 3.77. The van der Waals surface area contributed by atoms with Crippen molar-refractivity contribution >= 4 is 17.7 Å². The van der Waals surface area contributed by atoms with Gasteiger partial charge in [0.15, 0.2) is 5.69 Å². The van der Waals surface area contributed by atoms with Gasteiger partial charge in [0.25, 0.3) is 0 Å². The second-order valence-electron chi connectivity index (χ2n) is 9.21. The molecule has 4 aliphatic carbocycles. The van der Waals surface area contributed by atoms with Crippen LogP contribution in [0.2, 0.25) is 0 Å². The molecule has 2 heterocycles. The summed E-state index contributed by atoms with van der Waals surface area (Å²) in [6.45, 7) is 2.34. The number of nitrogens with zero attached hydrogens (tertiary/aromatic N) is 3. The second-order valence-corrected chi connectivity index (χ2v) is 9.21. The van der Waals surface area contributed by atoms with Crippen molar-refractivity contribution in [2.75, 3.05) is 17.7 Å². The van der Waals surface area contributed by atoms with E-state index in [2.05, 4.69) is 30.8 Å². The first-order valence-electron chi connectivity index (χ1n) is 10.6. The van der Waals surface area contributed by atoms with Gasteiger partial charge in [0.1, 0.15) is 5.82 Å². The van der Waals surface area contributed by atoms with E-state index in [1.54, 1.807) is 6.07 Å². The summed E-state index contributed by atoms with van der Waals surface area (Å²) in [7, 11) is 1.35. The predicted molar refractivity (Wildman–Crippen MR) is 110 cm³/mol. The van der Waals surface area contributed by atoms with E-state index in [0.717, 1.165) is 43.6 Å². The Morgan fingerprint density at radius 1 is 1.27 bits per heavy atom. The van der Waals surface area contributed by atoms with Crippen molar-refractivity contribution in [2.24, 2.45) is 17.8 Å². The molecule has 160 valence electrons. The number of nitrogens with one attached hydrogen (secondary N) is 3. The van der Waals surface area contributed by atoms with Crippen LogP contribution in [0.5, 0.6) is 0 Å². The highest BCUT2D eigenvalue weighted by molar-refractivity contribution is 5.87. The zero-order valence-corrected chi connectivity index (χ0v) is 17.3. The third-order valence-electron chi connectivity index (χ3n) is 6.87. The van der Waals surface area contributed by atoms with E-state index in [1.165, 1.54) is 7.11 Å². The van der Waals surface area contributed by atoms with Crippen molar-refractivity contribution in [2.45, 2.75) is 57.2 Å². The van der Waals surface area contributed by atoms with Gasteiger partial charge in [-0.15, -0.1) is 0 Å². The van der Waals surface area contributed by atoms with Crippen LogP contribution in [0.1, 0.15) is 54.0 Å². The number of aromatic amines is 1. The number of carbonyl (C=O) groups excluding carboxylic acids is 1. The van der Waals surface area contributed by atoms with Crippen LogP contribution in [0.25, 0.3) is 0 Å². The van der Waals surface area contributed by atoms with Crippen LogP contribution in [0.3, 0.4) is 0 Å². The van der Waals surface area contributed by atoms with Crippen LogP contribution >= 0.6 is 0 Å². The average Bonchev–Trinajstić information content (AvgIpc) is 3.12. The molecular weight excluding hydrogens is 384 g/mol. The normalized spacial score (nSPS) is 31.6. The molecule has 2 unspecified atom stereocenters. The zero-order chi connectivity index (χ0) is 20.9. The minimum atomic E-state index is -0.489. The Morgan fingerprint density at radius 3 is 2.67 bits per heavy atom. The lowest BCUT2D eigenvalue weighted by molar-refractivity contribution is -0.129. The van der Waals surface area contributed by atoms with Crippen LogP contribution in [0, 0.1) is 24.7 Å². The van der Waals surface area contributed by atoms with Gasteiger partial charge in [-0.1, -0.05) is 0 Å². The van der Waals surface area contributed by atoms with Crippen molar-refractivity contribution in [3.8, 4) is 0 Å². The Kier molecular flexibility index (Phi) is 4.65. The van der Waals surface area contributed by atoms with Crippen molar-refractivity contribution in [1.82, 2.24) is 20.2 Å². The second kappa shape index (κ2) is 7.23. The Hall–Kier alpha value is -2.68. The van der Waals surface area contributed by atoms with Gasteiger partial charge in [-0.2, -0.15) is 5.10 Å². The molecule has 2 aromatic heterocycles. The maximum atomic E-state index is 12.2. The molecule has 0 saturated heterocycles. The highest BCUT2D eigenvalue weighted by atomic mass is 16.5. The van der Waals surface area contributed by atoms with Gasteiger partial charge in [0.2, 0.25) is 5.95 Å². The van der Waals surface area contributed by atoms with Gasteiger partial charge >= 0.3 is 5.97 Å². The number of anilines is 2. The van der Waals surface area contributed by atoms with E-state index in [1.807, 2.05) is 13.0 Å². The number of rotatable bonds is 6. The minimum Gasteiger partial charge on any atom is -0.464 e. The first-order valence-corrected chi connectivity index (χ1v) is 10.6. The molecule has 0 radical (unpaired) electrons. The number of aliphatic hydroxyl groups is 1. The zero-order valence-electron chi connectivity index (χ0n) is 17.3. The van der Waals surface area contributed by atoms with Crippen LogP contribution < -0.4 is 10.6 Å². The number of hydrogen-bond donors (Lipinski definition) is 4. The van der Waals surface area contributed by atoms with Gasteiger partial charge in [-0.3, -0.25) is 5.10 Å². The monoisotopic (exact) mass is 412 g/mol. The predicted octanol–water partition coefficient (Wildman–Crippen LogP) is 2.26. The molecule has 4 aliphatic rings. The van der Waals surface area contributed by atoms with Crippen molar-refractivity contribution in [3.05, 3.63) is 29.2 Å². The maximum Gasteiger partial charge on any atom is 0.356 e. The fourth-order valence-corrected chi connectivity index (χ4v) is 5.92.